The van der Waals surface area contributed by atoms with Crippen molar-refractivity contribution in [3.63, 3.8) is 0 Å². The third-order valence-corrected chi connectivity index (χ3v) is 2.77. The Morgan fingerprint density at radius 2 is 2.53 bits per heavy atom. The van der Waals surface area contributed by atoms with E-state index in [2.05, 4.69) is 20.0 Å². The molecule has 3 N–H and O–H groups in total. The molecule has 80 valence electrons. The van der Waals surface area contributed by atoms with E-state index in [1.807, 2.05) is 23.2 Å². The van der Waals surface area contributed by atoms with E-state index in [0.717, 1.165) is 11.5 Å². The lowest BCUT2D eigenvalue weighted by molar-refractivity contribution is 0.517. The maximum atomic E-state index is 5.48. The van der Waals surface area contributed by atoms with Crippen LogP contribution in [-0.4, -0.2) is 19.1 Å². The lowest BCUT2D eigenvalue weighted by atomic mass is 10.1. The number of hydrazine groups is 1. The molecule has 2 aromatic rings. The van der Waals surface area contributed by atoms with E-state index < -0.39 is 0 Å². The number of rotatable bonds is 4. The number of aryl methyl sites for hydroxylation is 1. The molecule has 0 saturated heterocycles. The van der Waals surface area contributed by atoms with Crippen LogP contribution < -0.4 is 11.3 Å². The van der Waals surface area contributed by atoms with Crippen LogP contribution in [0.4, 0.5) is 0 Å². The zero-order chi connectivity index (χ0) is 10.7. The number of hydrogen-bond donors (Lipinski definition) is 2. The van der Waals surface area contributed by atoms with Crippen LogP contribution in [0.15, 0.2) is 17.8 Å². The Hall–Kier alpha value is -1.31. The highest BCUT2D eigenvalue weighted by Gasteiger charge is 2.15. The molecule has 0 aromatic carbocycles. The van der Waals surface area contributed by atoms with E-state index in [1.54, 1.807) is 6.20 Å². The highest BCUT2D eigenvalue weighted by Crippen LogP contribution is 2.14. The fourth-order valence-electron chi connectivity index (χ4n) is 1.35. The third kappa shape index (κ3) is 2.20. The van der Waals surface area contributed by atoms with Gasteiger partial charge in [0.25, 0.3) is 0 Å². The summed E-state index contributed by atoms with van der Waals surface area (Å²) in [6.07, 6.45) is 4.37. The van der Waals surface area contributed by atoms with Gasteiger partial charge in [-0.15, -0.1) is 5.10 Å². The third-order valence-electron chi connectivity index (χ3n) is 2.24. The largest absolute Gasteiger partial charge is 0.338 e. The molecule has 0 bridgehead atoms. The molecule has 0 amide bonds. The summed E-state index contributed by atoms with van der Waals surface area (Å²) in [4.78, 5) is 4.24. The second kappa shape index (κ2) is 4.47. The van der Waals surface area contributed by atoms with E-state index in [4.69, 9.17) is 5.84 Å². The van der Waals surface area contributed by atoms with Crippen LogP contribution in [0, 0.1) is 0 Å². The van der Waals surface area contributed by atoms with Gasteiger partial charge in [-0.3, -0.25) is 11.3 Å². The predicted octanol–water partition coefficient (Wildman–Crippen LogP) is 0.0187. The lowest BCUT2D eigenvalue weighted by Gasteiger charge is -2.12. The van der Waals surface area contributed by atoms with Crippen LogP contribution >= 0.6 is 11.5 Å². The lowest BCUT2D eigenvalue weighted by Crippen LogP contribution is -2.30. The quantitative estimate of drug-likeness (QED) is 0.565. The first-order chi connectivity index (χ1) is 7.31. The van der Waals surface area contributed by atoms with E-state index >= 15 is 0 Å². The first-order valence-corrected chi connectivity index (χ1v) is 5.34. The van der Waals surface area contributed by atoms with E-state index in [-0.39, 0.29) is 6.04 Å². The summed E-state index contributed by atoms with van der Waals surface area (Å²) < 4.78 is 5.77. The van der Waals surface area contributed by atoms with Crippen molar-refractivity contribution in [1.82, 2.24) is 24.6 Å². The first kappa shape index (κ1) is 10.2. The minimum absolute atomic E-state index is 0.0372. The molecular formula is C8H12N6S. The van der Waals surface area contributed by atoms with Crippen molar-refractivity contribution in [1.29, 1.82) is 0 Å². The standard InChI is InChI=1S/C8H12N6S/c1-14-3-2-10-8(14)4-6(11-9)7-5-15-13-12-7/h2-3,5-6,11H,4,9H2,1H3. The van der Waals surface area contributed by atoms with Crippen LogP contribution in [-0.2, 0) is 13.5 Å². The van der Waals surface area contributed by atoms with Crippen LogP contribution in [0.1, 0.15) is 17.6 Å². The van der Waals surface area contributed by atoms with Gasteiger partial charge in [-0.1, -0.05) is 4.49 Å². The average molecular weight is 224 g/mol. The maximum absolute atomic E-state index is 5.48. The van der Waals surface area contributed by atoms with Crippen molar-refractivity contribution in [2.45, 2.75) is 12.5 Å². The van der Waals surface area contributed by atoms with Crippen molar-refractivity contribution in [3.05, 3.63) is 29.3 Å². The number of nitrogens with one attached hydrogen (secondary N) is 1. The Bertz CT molecular complexity index is 408. The minimum atomic E-state index is -0.0372. The first-order valence-electron chi connectivity index (χ1n) is 4.50. The molecule has 15 heavy (non-hydrogen) atoms. The van der Waals surface area contributed by atoms with E-state index in [9.17, 15) is 0 Å². The molecule has 0 aliphatic heterocycles. The van der Waals surface area contributed by atoms with Gasteiger partial charge in [-0.2, -0.15) is 0 Å². The number of aromatic nitrogens is 4. The number of imidazole rings is 1. The van der Waals surface area contributed by atoms with Crippen LogP contribution in [0.3, 0.4) is 0 Å². The molecule has 0 aliphatic carbocycles. The smallest absolute Gasteiger partial charge is 0.110 e. The van der Waals surface area contributed by atoms with Gasteiger partial charge in [-0.25, -0.2) is 4.98 Å². The van der Waals surface area contributed by atoms with Crippen molar-refractivity contribution in [2.75, 3.05) is 0 Å². The van der Waals surface area contributed by atoms with Gasteiger partial charge >= 0.3 is 0 Å². The summed E-state index contributed by atoms with van der Waals surface area (Å²) in [6.45, 7) is 0. The Morgan fingerprint density at radius 1 is 1.67 bits per heavy atom. The van der Waals surface area contributed by atoms with Crippen molar-refractivity contribution in [3.8, 4) is 0 Å². The Kier molecular flexibility index (Phi) is 3.05. The van der Waals surface area contributed by atoms with E-state index in [0.29, 0.717) is 6.42 Å². The number of hydrogen-bond acceptors (Lipinski definition) is 6. The van der Waals surface area contributed by atoms with Crippen molar-refractivity contribution >= 4 is 11.5 Å². The van der Waals surface area contributed by atoms with Gasteiger partial charge in [-0.05, 0) is 11.5 Å². The predicted molar refractivity (Wildman–Crippen MR) is 56.9 cm³/mol. The summed E-state index contributed by atoms with van der Waals surface area (Å²) in [7, 11) is 1.95. The molecule has 2 aromatic heterocycles. The molecule has 0 fully saturated rings. The summed E-state index contributed by atoms with van der Waals surface area (Å²) in [6, 6.07) is -0.0372. The fraction of sp³-hybridized carbons (Fsp3) is 0.375. The topological polar surface area (TPSA) is 81.7 Å². The summed E-state index contributed by atoms with van der Waals surface area (Å²) in [5, 5.41) is 5.87. The molecule has 0 aliphatic rings. The molecule has 7 heteroatoms. The van der Waals surface area contributed by atoms with Gasteiger partial charge in [0, 0.05) is 31.2 Å². The fourth-order valence-corrected chi connectivity index (χ4v) is 1.86. The number of nitrogens with zero attached hydrogens (tertiary/aromatic N) is 4. The zero-order valence-electron chi connectivity index (χ0n) is 8.29. The van der Waals surface area contributed by atoms with Gasteiger partial charge < -0.3 is 4.57 Å². The van der Waals surface area contributed by atoms with Gasteiger partial charge in [0.15, 0.2) is 0 Å². The van der Waals surface area contributed by atoms with Gasteiger partial charge in [0.05, 0.1) is 11.7 Å². The number of nitrogens with two attached hydrogens (primary N) is 1. The Morgan fingerprint density at radius 3 is 3.07 bits per heavy atom. The minimum Gasteiger partial charge on any atom is -0.338 e. The molecule has 0 saturated carbocycles. The normalized spacial score (nSPS) is 12.9. The van der Waals surface area contributed by atoms with Crippen LogP contribution in [0.2, 0.25) is 0 Å². The monoisotopic (exact) mass is 224 g/mol. The zero-order valence-corrected chi connectivity index (χ0v) is 9.11. The highest BCUT2D eigenvalue weighted by molar-refractivity contribution is 7.03. The summed E-state index contributed by atoms with van der Waals surface area (Å²) in [5.41, 5.74) is 3.57. The Labute approximate surface area is 91.3 Å². The van der Waals surface area contributed by atoms with Gasteiger partial charge in [0.2, 0.25) is 0 Å². The second-order valence-corrected chi connectivity index (χ2v) is 3.82. The van der Waals surface area contributed by atoms with Gasteiger partial charge in [0.1, 0.15) is 5.82 Å². The molecule has 1 atom stereocenters. The molecule has 0 spiro atoms. The SMILES string of the molecule is Cn1ccnc1CC(NN)c1csnn1. The van der Waals surface area contributed by atoms with Crippen molar-refractivity contribution < 1.29 is 0 Å². The molecule has 1 unspecified atom stereocenters. The maximum Gasteiger partial charge on any atom is 0.110 e. The molecule has 2 heterocycles. The average Bonchev–Trinajstić information content (AvgIpc) is 2.86. The van der Waals surface area contributed by atoms with Crippen molar-refractivity contribution in [2.24, 2.45) is 12.9 Å². The van der Waals surface area contributed by atoms with Crippen LogP contribution in [0.5, 0.6) is 0 Å². The molecular weight excluding hydrogens is 212 g/mol. The summed E-state index contributed by atoms with van der Waals surface area (Å²) in [5.74, 6) is 6.44. The van der Waals surface area contributed by atoms with E-state index in [1.165, 1.54) is 11.5 Å². The second-order valence-electron chi connectivity index (χ2n) is 3.21. The molecule has 6 nitrogen and oxygen atoms in total. The molecule has 2 rings (SSSR count). The summed E-state index contributed by atoms with van der Waals surface area (Å²) >= 11 is 1.32. The highest BCUT2D eigenvalue weighted by atomic mass is 32.1. The van der Waals surface area contributed by atoms with Crippen LogP contribution in [0.25, 0.3) is 0 Å². The molecule has 0 radical (unpaired) electrons. The Balaban J connectivity index is 2.13.